The first kappa shape index (κ1) is 17.5. The van der Waals surface area contributed by atoms with Crippen LogP contribution in [-0.2, 0) is 20.9 Å². The number of aryl methyl sites for hydroxylation is 1. The van der Waals surface area contributed by atoms with Crippen LogP contribution in [0.2, 0.25) is 0 Å². The summed E-state index contributed by atoms with van der Waals surface area (Å²) in [7, 11) is 0. The van der Waals surface area contributed by atoms with E-state index in [0.29, 0.717) is 19.6 Å². The molecule has 134 valence electrons. The minimum absolute atomic E-state index is 0.00657. The summed E-state index contributed by atoms with van der Waals surface area (Å²) in [5.74, 6) is -1.31. The number of carboxylic acid groups (broad SMARTS) is 1. The maximum absolute atomic E-state index is 12.8. The zero-order chi connectivity index (χ0) is 18.0. The van der Waals surface area contributed by atoms with Crippen molar-refractivity contribution in [2.45, 2.75) is 45.2 Å². The molecule has 2 aliphatic rings. The molecular formula is C19H24N2O4. The summed E-state index contributed by atoms with van der Waals surface area (Å²) >= 11 is 0. The number of carboxylic acids is 1. The molecule has 2 fully saturated rings. The molecular weight excluding hydrogens is 320 g/mol. The summed E-state index contributed by atoms with van der Waals surface area (Å²) in [6.07, 6.45) is 1.77. The van der Waals surface area contributed by atoms with Gasteiger partial charge in [-0.05, 0) is 25.3 Å². The van der Waals surface area contributed by atoms with E-state index in [0.717, 1.165) is 18.4 Å². The van der Waals surface area contributed by atoms with Crippen LogP contribution in [0.3, 0.4) is 0 Å². The standard InChI is InChI=1S/C19H24N2O4/c1-13-4-6-14(7-5-13)11-20-12-15(9-17(20)22)19(25)21-8-2-3-16(21)10-18(23)24/h4-7,15-16H,2-3,8-12H2,1H3,(H,23,24). The highest BCUT2D eigenvalue weighted by Crippen LogP contribution is 2.27. The number of carbonyl (C=O) groups excluding carboxylic acids is 2. The highest BCUT2D eigenvalue weighted by atomic mass is 16.4. The average Bonchev–Trinajstić information content (AvgIpc) is 3.16. The molecule has 0 radical (unpaired) electrons. The predicted octanol–water partition coefficient (Wildman–Crippen LogP) is 1.81. The Labute approximate surface area is 147 Å². The lowest BCUT2D eigenvalue weighted by molar-refractivity contribution is -0.141. The van der Waals surface area contributed by atoms with Gasteiger partial charge in [-0.15, -0.1) is 0 Å². The van der Waals surface area contributed by atoms with Gasteiger partial charge in [0.25, 0.3) is 0 Å². The van der Waals surface area contributed by atoms with Crippen molar-refractivity contribution in [1.82, 2.24) is 9.80 Å². The van der Waals surface area contributed by atoms with Gasteiger partial charge in [0.05, 0.1) is 12.3 Å². The smallest absolute Gasteiger partial charge is 0.305 e. The fourth-order valence-electron chi connectivity index (χ4n) is 3.78. The Balaban J connectivity index is 1.62. The summed E-state index contributed by atoms with van der Waals surface area (Å²) in [5.41, 5.74) is 2.22. The molecule has 0 aromatic heterocycles. The quantitative estimate of drug-likeness (QED) is 0.884. The van der Waals surface area contributed by atoms with Crippen LogP contribution < -0.4 is 0 Å². The Kier molecular flexibility index (Phi) is 5.06. The largest absolute Gasteiger partial charge is 0.481 e. The normalized spacial score (nSPS) is 23.3. The highest BCUT2D eigenvalue weighted by Gasteiger charge is 2.40. The Morgan fingerprint density at radius 1 is 1.24 bits per heavy atom. The molecule has 25 heavy (non-hydrogen) atoms. The van der Waals surface area contributed by atoms with E-state index in [1.54, 1.807) is 9.80 Å². The van der Waals surface area contributed by atoms with Crippen LogP contribution >= 0.6 is 0 Å². The molecule has 6 heteroatoms. The second kappa shape index (κ2) is 7.25. The third-order valence-corrected chi connectivity index (χ3v) is 5.13. The van der Waals surface area contributed by atoms with Gasteiger partial charge in [0, 0.05) is 32.1 Å². The molecule has 2 saturated heterocycles. The minimum atomic E-state index is -0.881. The molecule has 2 heterocycles. The van der Waals surface area contributed by atoms with Crippen LogP contribution in [0.1, 0.15) is 36.8 Å². The fourth-order valence-corrected chi connectivity index (χ4v) is 3.78. The van der Waals surface area contributed by atoms with Crippen LogP contribution in [0.4, 0.5) is 0 Å². The topological polar surface area (TPSA) is 77.9 Å². The molecule has 0 saturated carbocycles. The van der Waals surface area contributed by atoms with E-state index in [9.17, 15) is 14.4 Å². The van der Waals surface area contributed by atoms with Gasteiger partial charge in [-0.2, -0.15) is 0 Å². The number of nitrogens with zero attached hydrogens (tertiary/aromatic N) is 2. The van der Waals surface area contributed by atoms with Crippen molar-refractivity contribution >= 4 is 17.8 Å². The lowest BCUT2D eigenvalue weighted by Crippen LogP contribution is -2.41. The number of benzene rings is 1. The summed E-state index contributed by atoms with van der Waals surface area (Å²) in [4.78, 5) is 39.5. The van der Waals surface area contributed by atoms with Crippen LogP contribution in [0.25, 0.3) is 0 Å². The Morgan fingerprint density at radius 3 is 2.64 bits per heavy atom. The number of hydrogen-bond donors (Lipinski definition) is 1. The molecule has 0 bridgehead atoms. The van der Waals surface area contributed by atoms with Crippen molar-refractivity contribution in [2.24, 2.45) is 5.92 Å². The molecule has 2 atom stereocenters. The lowest BCUT2D eigenvalue weighted by atomic mass is 10.1. The van der Waals surface area contributed by atoms with E-state index in [-0.39, 0.29) is 36.6 Å². The van der Waals surface area contributed by atoms with Crippen molar-refractivity contribution < 1.29 is 19.5 Å². The summed E-state index contributed by atoms with van der Waals surface area (Å²) in [6, 6.07) is 7.80. The molecule has 1 N–H and O–H groups in total. The molecule has 2 unspecified atom stereocenters. The molecule has 0 spiro atoms. The number of aliphatic carboxylic acids is 1. The van der Waals surface area contributed by atoms with Gasteiger partial charge in [-0.3, -0.25) is 14.4 Å². The van der Waals surface area contributed by atoms with E-state index in [4.69, 9.17) is 5.11 Å². The van der Waals surface area contributed by atoms with Gasteiger partial charge in [-0.25, -0.2) is 0 Å². The minimum Gasteiger partial charge on any atom is -0.481 e. The van der Waals surface area contributed by atoms with Crippen LogP contribution in [-0.4, -0.2) is 51.8 Å². The molecule has 2 amide bonds. The zero-order valence-corrected chi connectivity index (χ0v) is 14.5. The van der Waals surface area contributed by atoms with Crippen molar-refractivity contribution in [1.29, 1.82) is 0 Å². The van der Waals surface area contributed by atoms with Gasteiger partial charge < -0.3 is 14.9 Å². The molecule has 3 rings (SSSR count). The van der Waals surface area contributed by atoms with Crippen LogP contribution in [0.5, 0.6) is 0 Å². The first-order valence-corrected chi connectivity index (χ1v) is 8.79. The van der Waals surface area contributed by atoms with Crippen molar-refractivity contribution in [3.05, 3.63) is 35.4 Å². The number of likely N-dealkylation sites (tertiary alicyclic amines) is 2. The molecule has 2 aliphatic heterocycles. The van der Waals surface area contributed by atoms with Crippen molar-refractivity contribution in [3.8, 4) is 0 Å². The van der Waals surface area contributed by atoms with Gasteiger partial charge in [-0.1, -0.05) is 29.8 Å². The predicted molar refractivity (Wildman–Crippen MR) is 91.7 cm³/mol. The van der Waals surface area contributed by atoms with E-state index in [1.165, 1.54) is 5.56 Å². The second-order valence-corrected chi connectivity index (χ2v) is 7.09. The zero-order valence-electron chi connectivity index (χ0n) is 14.5. The maximum atomic E-state index is 12.8. The Morgan fingerprint density at radius 2 is 1.96 bits per heavy atom. The monoisotopic (exact) mass is 344 g/mol. The molecule has 6 nitrogen and oxygen atoms in total. The third kappa shape index (κ3) is 4.00. The SMILES string of the molecule is Cc1ccc(CN2CC(C(=O)N3CCCC3CC(=O)O)CC2=O)cc1. The van der Waals surface area contributed by atoms with Crippen molar-refractivity contribution in [2.75, 3.05) is 13.1 Å². The first-order chi connectivity index (χ1) is 11.9. The number of amides is 2. The molecule has 0 aliphatic carbocycles. The highest BCUT2D eigenvalue weighted by molar-refractivity contribution is 5.89. The van der Waals surface area contributed by atoms with Gasteiger partial charge in [0.2, 0.25) is 11.8 Å². The first-order valence-electron chi connectivity index (χ1n) is 8.79. The Hall–Kier alpha value is -2.37. The van der Waals surface area contributed by atoms with E-state index in [2.05, 4.69) is 0 Å². The lowest BCUT2D eigenvalue weighted by Gasteiger charge is -2.26. The van der Waals surface area contributed by atoms with Crippen LogP contribution in [0.15, 0.2) is 24.3 Å². The van der Waals surface area contributed by atoms with E-state index < -0.39 is 5.97 Å². The average molecular weight is 344 g/mol. The number of carbonyl (C=O) groups is 3. The third-order valence-electron chi connectivity index (χ3n) is 5.13. The number of hydrogen-bond acceptors (Lipinski definition) is 3. The fraction of sp³-hybridized carbons (Fsp3) is 0.526. The molecule has 1 aromatic rings. The second-order valence-electron chi connectivity index (χ2n) is 7.09. The molecule has 1 aromatic carbocycles. The van der Waals surface area contributed by atoms with Gasteiger partial charge in [0.1, 0.15) is 0 Å². The van der Waals surface area contributed by atoms with E-state index >= 15 is 0 Å². The van der Waals surface area contributed by atoms with Gasteiger partial charge >= 0.3 is 5.97 Å². The van der Waals surface area contributed by atoms with Gasteiger partial charge in [0.15, 0.2) is 0 Å². The number of rotatable bonds is 5. The maximum Gasteiger partial charge on any atom is 0.305 e. The van der Waals surface area contributed by atoms with Crippen LogP contribution in [0, 0.1) is 12.8 Å². The van der Waals surface area contributed by atoms with Crippen molar-refractivity contribution in [3.63, 3.8) is 0 Å². The summed E-state index contributed by atoms with van der Waals surface area (Å²) in [5, 5.41) is 9.01. The Bertz CT molecular complexity index is 671. The summed E-state index contributed by atoms with van der Waals surface area (Å²) < 4.78 is 0. The van der Waals surface area contributed by atoms with E-state index in [1.807, 2.05) is 31.2 Å². The summed E-state index contributed by atoms with van der Waals surface area (Å²) in [6.45, 7) is 3.55.